The van der Waals surface area contributed by atoms with Gasteiger partial charge in [-0.25, -0.2) is 0 Å². The van der Waals surface area contributed by atoms with Crippen LogP contribution in [0.25, 0.3) is 0 Å². The Bertz CT molecular complexity index is 702. The third kappa shape index (κ3) is 5.73. The van der Waals surface area contributed by atoms with Gasteiger partial charge in [-0.15, -0.1) is 0 Å². The van der Waals surface area contributed by atoms with Crippen molar-refractivity contribution in [2.24, 2.45) is 4.99 Å². The van der Waals surface area contributed by atoms with Crippen LogP contribution < -0.4 is 15.4 Å². The first-order valence-electron chi connectivity index (χ1n) is 8.68. The lowest BCUT2D eigenvalue weighted by molar-refractivity contribution is 0.0683. The average Bonchev–Trinajstić information content (AvgIpc) is 3.14. The highest BCUT2D eigenvalue weighted by Gasteiger charge is 2.13. The van der Waals surface area contributed by atoms with Crippen molar-refractivity contribution in [2.75, 3.05) is 27.3 Å². The summed E-state index contributed by atoms with van der Waals surface area (Å²) in [5.41, 5.74) is 1.14. The van der Waals surface area contributed by atoms with E-state index in [9.17, 15) is 0 Å². The van der Waals surface area contributed by atoms with Gasteiger partial charge in [0.05, 0.1) is 13.7 Å². The summed E-state index contributed by atoms with van der Waals surface area (Å²) in [5.74, 6) is 2.58. The summed E-state index contributed by atoms with van der Waals surface area (Å²) in [6, 6.07) is 7.97. The number of hydrogen-bond acceptors (Lipinski definition) is 6. The molecule has 2 aromatic rings. The van der Waals surface area contributed by atoms with Crippen LogP contribution in [-0.4, -0.2) is 43.4 Å². The summed E-state index contributed by atoms with van der Waals surface area (Å²) < 4.78 is 16.0. The van der Waals surface area contributed by atoms with Crippen LogP contribution in [0.3, 0.4) is 0 Å². The van der Waals surface area contributed by atoms with Crippen molar-refractivity contribution in [3.05, 3.63) is 41.5 Å². The second-order valence-corrected chi connectivity index (χ2v) is 5.56. The maximum Gasteiger partial charge on any atom is 0.246 e. The Balaban J connectivity index is 1.79. The van der Waals surface area contributed by atoms with Gasteiger partial charge in [0.1, 0.15) is 11.9 Å². The topological polar surface area (TPSA) is 93.8 Å². The van der Waals surface area contributed by atoms with Crippen molar-refractivity contribution in [3.63, 3.8) is 0 Å². The molecule has 1 unspecified atom stereocenters. The van der Waals surface area contributed by atoms with Gasteiger partial charge in [-0.2, -0.15) is 4.98 Å². The fourth-order valence-electron chi connectivity index (χ4n) is 2.43. The van der Waals surface area contributed by atoms with E-state index in [-0.39, 0.29) is 6.10 Å². The van der Waals surface area contributed by atoms with Crippen LogP contribution in [0, 0.1) is 0 Å². The predicted octanol–water partition coefficient (Wildman–Crippen LogP) is 2.08. The first-order valence-corrected chi connectivity index (χ1v) is 8.68. The number of rotatable bonds is 9. The number of guanidine groups is 1. The normalized spacial score (nSPS) is 12.7. The second-order valence-electron chi connectivity index (χ2n) is 5.56. The summed E-state index contributed by atoms with van der Waals surface area (Å²) in [7, 11) is 3.40. The molecule has 8 nitrogen and oxygen atoms in total. The maximum absolute atomic E-state index is 5.45. The van der Waals surface area contributed by atoms with E-state index in [1.165, 1.54) is 0 Å². The Hall–Kier alpha value is -2.61. The van der Waals surface area contributed by atoms with E-state index < -0.39 is 0 Å². The van der Waals surface area contributed by atoms with Crippen LogP contribution >= 0.6 is 0 Å². The van der Waals surface area contributed by atoms with Gasteiger partial charge in [0.25, 0.3) is 0 Å². The van der Waals surface area contributed by atoms with Crippen molar-refractivity contribution in [3.8, 4) is 5.75 Å². The smallest absolute Gasteiger partial charge is 0.246 e. The Morgan fingerprint density at radius 3 is 2.85 bits per heavy atom. The third-order valence-electron chi connectivity index (χ3n) is 3.77. The molecule has 0 spiro atoms. The first kappa shape index (κ1) is 19.7. The van der Waals surface area contributed by atoms with E-state index in [0.717, 1.165) is 24.3 Å². The Morgan fingerprint density at radius 2 is 2.12 bits per heavy atom. The van der Waals surface area contributed by atoms with E-state index in [2.05, 4.69) is 31.8 Å². The minimum Gasteiger partial charge on any atom is -0.496 e. The van der Waals surface area contributed by atoms with Crippen molar-refractivity contribution in [1.82, 2.24) is 20.8 Å². The maximum atomic E-state index is 5.45. The van der Waals surface area contributed by atoms with E-state index in [0.29, 0.717) is 30.8 Å². The van der Waals surface area contributed by atoms with Gasteiger partial charge in [0.15, 0.2) is 11.8 Å². The molecule has 0 bridgehead atoms. The molecule has 1 heterocycles. The highest BCUT2D eigenvalue weighted by Crippen LogP contribution is 2.17. The molecule has 0 amide bonds. The number of aromatic nitrogens is 2. The SMILES string of the molecule is CCOC(C)c1noc(CNC(=NC)NCCc2ccccc2OC)n1. The van der Waals surface area contributed by atoms with Gasteiger partial charge in [0, 0.05) is 20.2 Å². The minimum atomic E-state index is -0.184. The highest BCUT2D eigenvalue weighted by atomic mass is 16.5. The molecule has 2 N–H and O–H groups in total. The Kier molecular flexibility index (Phi) is 7.88. The molecule has 0 aliphatic rings. The molecule has 0 saturated carbocycles. The predicted molar refractivity (Wildman–Crippen MR) is 99.2 cm³/mol. The standard InChI is InChI=1S/C18H27N5O3/c1-5-25-13(2)17-22-16(26-23-17)12-21-18(19-3)20-11-10-14-8-6-7-9-15(14)24-4/h6-9,13H,5,10-12H2,1-4H3,(H2,19,20,21). The van der Waals surface area contributed by atoms with E-state index in [4.69, 9.17) is 14.0 Å². The van der Waals surface area contributed by atoms with Crippen molar-refractivity contribution in [2.45, 2.75) is 32.9 Å². The van der Waals surface area contributed by atoms with Gasteiger partial charge < -0.3 is 24.6 Å². The fourth-order valence-corrected chi connectivity index (χ4v) is 2.43. The van der Waals surface area contributed by atoms with Crippen molar-refractivity contribution in [1.29, 1.82) is 0 Å². The number of nitrogens with zero attached hydrogens (tertiary/aromatic N) is 3. The van der Waals surface area contributed by atoms with Crippen LogP contribution in [0.15, 0.2) is 33.8 Å². The molecule has 0 aliphatic heterocycles. The zero-order valence-electron chi connectivity index (χ0n) is 15.8. The third-order valence-corrected chi connectivity index (χ3v) is 3.77. The molecule has 142 valence electrons. The molecule has 8 heteroatoms. The number of aliphatic imine (C=N–C) groups is 1. The van der Waals surface area contributed by atoms with Crippen molar-refractivity contribution < 1.29 is 14.0 Å². The van der Waals surface area contributed by atoms with Crippen LogP contribution in [-0.2, 0) is 17.7 Å². The van der Waals surface area contributed by atoms with Crippen molar-refractivity contribution >= 4 is 5.96 Å². The number of benzene rings is 1. The zero-order chi connectivity index (χ0) is 18.8. The van der Waals surface area contributed by atoms with Gasteiger partial charge in [-0.3, -0.25) is 4.99 Å². The van der Waals surface area contributed by atoms with E-state index >= 15 is 0 Å². The van der Waals surface area contributed by atoms with Crippen LogP contribution in [0.1, 0.15) is 37.2 Å². The quantitative estimate of drug-likeness (QED) is 0.522. The molecule has 1 aromatic heterocycles. The number of nitrogens with one attached hydrogen (secondary N) is 2. The Labute approximate surface area is 154 Å². The molecule has 2 rings (SSSR count). The second kappa shape index (κ2) is 10.4. The van der Waals surface area contributed by atoms with Crippen LogP contribution in [0.5, 0.6) is 5.75 Å². The van der Waals surface area contributed by atoms with Crippen LogP contribution in [0.2, 0.25) is 0 Å². The minimum absolute atomic E-state index is 0.184. The van der Waals surface area contributed by atoms with Gasteiger partial charge >= 0.3 is 0 Å². The summed E-state index contributed by atoms with van der Waals surface area (Å²) in [4.78, 5) is 8.52. The van der Waals surface area contributed by atoms with Gasteiger partial charge in [-0.05, 0) is 31.9 Å². The van der Waals surface area contributed by atoms with Crippen LogP contribution in [0.4, 0.5) is 0 Å². The molecular weight excluding hydrogens is 334 g/mol. The monoisotopic (exact) mass is 361 g/mol. The number of para-hydroxylation sites is 1. The molecule has 1 aromatic carbocycles. The highest BCUT2D eigenvalue weighted by molar-refractivity contribution is 5.79. The summed E-state index contributed by atoms with van der Waals surface area (Å²) in [6.45, 7) is 5.53. The summed E-state index contributed by atoms with van der Waals surface area (Å²) in [6.07, 6.45) is 0.636. The number of ether oxygens (including phenoxy) is 2. The summed E-state index contributed by atoms with van der Waals surface area (Å²) in [5, 5.41) is 10.3. The van der Waals surface area contributed by atoms with Gasteiger partial charge in [-0.1, -0.05) is 23.4 Å². The zero-order valence-corrected chi connectivity index (χ0v) is 15.8. The molecule has 0 radical (unpaired) electrons. The van der Waals surface area contributed by atoms with E-state index in [1.807, 2.05) is 32.0 Å². The lowest BCUT2D eigenvalue weighted by Gasteiger charge is -2.12. The number of methoxy groups -OCH3 is 1. The largest absolute Gasteiger partial charge is 0.496 e. The fraction of sp³-hybridized carbons (Fsp3) is 0.500. The molecule has 0 fully saturated rings. The molecular formula is C18H27N5O3. The number of hydrogen-bond donors (Lipinski definition) is 2. The molecule has 0 aliphatic carbocycles. The molecule has 1 atom stereocenters. The van der Waals surface area contributed by atoms with E-state index in [1.54, 1.807) is 14.2 Å². The Morgan fingerprint density at radius 1 is 1.31 bits per heavy atom. The first-order chi connectivity index (χ1) is 12.7. The van der Waals surface area contributed by atoms with Gasteiger partial charge in [0.2, 0.25) is 5.89 Å². The average molecular weight is 361 g/mol. The molecule has 26 heavy (non-hydrogen) atoms. The lowest BCUT2D eigenvalue weighted by atomic mass is 10.1. The molecule has 0 saturated heterocycles. The lowest BCUT2D eigenvalue weighted by Crippen LogP contribution is -2.38. The summed E-state index contributed by atoms with van der Waals surface area (Å²) >= 11 is 0.